The Balaban J connectivity index is 2.16. The average molecular weight is 247 g/mol. The molecule has 0 fully saturated rings. The van der Waals surface area contributed by atoms with E-state index >= 15 is 0 Å². The number of nitrogens with zero attached hydrogens (tertiary/aromatic N) is 3. The lowest BCUT2D eigenvalue weighted by atomic mass is 10.1. The lowest BCUT2D eigenvalue weighted by molar-refractivity contribution is 0.737. The predicted octanol–water partition coefficient (Wildman–Crippen LogP) is 1.87. The van der Waals surface area contributed by atoms with E-state index in [2.05, 4.69) is 47.6 Å². The van der Waals surface area contributed by atoms with Gasteiger partial charge in [0.2, 0.25) is 0 Å². The van der Waals surface area contributed by atoms with Crippen molar-refractivity contribution in [2.75, 3.05) is 25.0 Å². The standard InChI is InChI=1S/C13H21N5/c1-4-14-5-6-15-13-12-9-11(10(2)3)17-18(12)8-7-16-13/h7-10,14H,4-6H2,1-3H3,(H,15,16). The molecule has 0 aliphatic rings. The molecule has 0 amide bonds. The molecule has 2 aromatic heterocycles. The Labute approximate surface area is 108 Å². The molecule has 98 valence electrons. The first-order valence-electron chi connectivity index (χ1n) is 6.51. The minimum Gasteiger partial charge on any atom is -0.367 e. The molecule has 0 aliphatic carbocycles. The number of aromatic nitrogens is 3. The van der Waals surface area contributed by atoms with E-state index in [9.17, 15) is 0 Å². The first kappa shape index (κ1) is 12.8. The van der Waals surface area contributed by atoms with Crippen molar-refractivity contribution in [1.29, 1.82) is 0 Å². The molecular formula is C13H21N5. The Morgan fingerprint density at radius 1 is 1.33 bits per heavy atom. The average Bonchev–Trinajstić information content (AvgIpc) is 2.79. The predicted molar refractivity (Wildman–Crippen MR) is 74.1 cm³/mol. The Morgan fingerprint density at radius 2 is 2.17 bits per heavy atom. The van der Waals surface area contributed by atoms with Gasteiger partial charge in [0.05, 0.1) is 5.69 Å². The molecule has 0 spiro atoms. The van der Waals surface area contributed by atoms with Crippen molar-refractivity contribution in [3.05, 3.63) is 24.2 Å². The summed E-state index contributed by atoms with van der Waals surface area (Å²) in [5, 5.41) is 11.2. The van der Waals surface area contributed by atoms with E-state index in [1.807, 2.05) is 10.7 Å². The van der Waals surface area contributed by atoms with Crippen molar-refractivity contribution in [2.45, 2.75) is 26.7 Å². The summed E-state index contributed by atoms with van der Waals surface area (Å²) in [5.74, 6) is 1.33. The fraction of sp³-hybridized carbons (Fsp3) is 0.538. The summed E-state index contributed by atoms with van der Waals surface area (Å²) in [6.07, 6.45) is 3.66. The zero-order chi connectivity index (χ0) is 13.0. The monoisotopic (exact) mass is 247 g/mol. The second-order valence-electron chi connectivity index (χ2n) is 4.61. The van der Waals surface area contributed by atoms with Crippen molar-refractivity contribution >= 4 is 11.3 Å². The van der Waals surface area contributed by atoms with E-state index in [0.29, 0.717) is 5.92 Å². The molecule has 18 heavy (non-hydrogen) atoms. The van der Waals surface area contributed by atoms with Crippen LogP contribution in [0.15, 0.2) is 18.5 Å². The molecular weight excluding hydrogens is 226 g/mol. The molecule has 0 bridgehead atoms. The van der Waals surface area contributed by atoms with Crippen LogP contribution in [-0.4, -0.2) is 34.2 Å². The SMILES string of the molecule is CCNCCNc1nccn2nc(C(C)C)cc12. The van der Waals surface area contributed by atoms with Crippen LogP contribution >= 0.6 is 0 Å². The maximum atomic E-state index is 4.54. The number of rotatable bonds is 6. The van der Waals surface area contributed by atoms with Crippen molar-refractivity contribution in [2.24, 2.45) is 0 Å². The second kappa shape index (κ2) is 5.82. The van der Waals surface area contributed by atoms with Gasteiger partial charge in [-0.05, 0) is 18.5 Å². The number of nitrogens with one attached hydrogen (secondary N) is 2. The molecule has 2 N–H and O–H groups in total. The molecule has 0 radical (unpaired) electrons. The van der Waals surface area contributed by atoms with Crippen LogP contribution < -0.4 is 10.6 Å². The number of fused-ring (bicyclic) bond motifs is 1. The van der Waals surface area contributed by atoms with Crippen molar-refractivity contribution in [3.63, 3.8) is 0 Å². The summed E-state index contributed by atoms with van der Waals surface area (Å²) >= 11 is 0. The second-order valence-corrected chi connectivity index (χ2v) is 4.61. The van der Waals surface area contributed by atoms with E-state index in [0.717, 1.165) is 36.7 Å². The lowest BCUT2D eigenvalue weighted by Gasteiger charge is -2.06. The maximum absolute atomic E-state index is 4.54. The molecule has 0 aromatic carbocycles. The minimum atomic E-state index is 0.430. The zero-order valence-electron chi connectivity index (χ0n) is 11.3. The van der Waals surface area contributed by atoms with Gasteiger partial charge in [0, 0.05) is 25.5 Å². The van der Waals surface area contributed by atoms with Crippen LogP contribution in [0.2, 0.25) is 0 Å². The molecule has 2 rings (SSSR count). The summed E-state index contributed by atoms with van der Waals surface area (Å²) in [4.78, 5) is 4.38. The van der Waals surface area contributed by atoms with Gasteiger partial charge in [-0.3, -0.25) is 0 Å². The van der Waals surface area contributed by atoms with Crippen LogP contribution in [0.25, 0.3) is 5.52 Å². The van der Waals surface area contributed by atoms with E-state index < -0.39 is 0 Å². The smallest absolute Gasteiger partial charge is 0.152 e. The number of likely N-dealkylation sites (N-methyl/N-ethyl adjacent to an activating group) is 1. The molecule has 0 saturated carbocycles. The van der Waals surface area contributed by atoms with Gasteiger partial charge in [0.25, 0.3) is 0 Å². The Bertz CT molecular complexity index is 503. The normalized spacial score (nSPS) is 11.3. The highest BCUT2D eigenvalue weighted by Crippen LogP contribution is 2.19. The fourth-order valence-corrected chi connectivity index (χ4v) is 1.81. The van der Waals surface area contributed by atoms with Crippen LogP contribution in [0.5, 0.6) is 0 Å². The molecule has 0 atom stereocenters. The summed E-state index contributed by atoms with van der Waals surface area (Å²) in [7, 11) is 0. The van der Waals surface area contributed by atoms with E-state index in [4.69, 9.17) is 0 Å². The van der Waals surface area contributed by atoms with Gasteiger partial charge in [0.1, 0.15) is 5.52 Å². The highest BCUT2D eigenvalue weighted by molar-refractivity contribution is 5.67. The van der Waals surface area contributed by atoms with E-state index in [-0.39, 0.29) is 0 Å². The van der Waals surface area contributed by atoms with Gasteiger partial charge in [-0.2, -0.15) is 5.10 Å². The van der Waals surface area contributed by atoms with Crippen LogP contribution in [0.1, 0.15) is 32.4 Å². The molecule has 5 heteroatoms. The van der Waals surface area contributed by atoms with Crippen LogP contribution in [0.4, 0.5) is 5.82 Å². The third-order valence-electron chi connectivity index (χ3n) is 2.84. The number of hydrogen-bond acceptors (Lipinski definition) is 4. The van der Waals surface area contributed by atoms with Gasteiger partial charge in [0.15, 0.2) is 5.82 Å². The topological polar surface area (TPSA) is 54.2 Å². The third kappa shape index (κ3) is 2.79. The van der Waals surface area contributed by atoms with Gasteiger partial charge in [-0.15, -0.1) is 0 Å². The van der Waals surface area contributed by atoms with Crippen molar-refractivity contribution in [3.8, 4) is 0 Å². The Hall–Kier alpha value is -1.62. The fourth-order valence-electron chi connectivity index (χ4n) is 1.81. The third-order valence-corrected chi connectivity index (χ3v) is 2.84. The van der Waals surface area contributed by atoms with Crippen LogP contribution in [0, 0.1) is 0 Å². The first-order chi connectivity index (χ1) is 8.72. The first-order valence-corrected chi connectivity index (χ1v) is 6.51. The summed E-state index contributed by atoms with van der Waals surface area (Å²) in [6.45, 7) is 9.18. The molecule has 2 aromatic rings. The largest absolute Gasteiger partial charge is 0.367 e. The quantitative estimate of drug-likeness (QED) is 0.765. The lowest BCUT2D eigenvalue weighted by Crippen LogP contribution is -2.22. The van der Waals surface area contributed by atoms with Crippen LogP contribution in [0.3, 0.4) is 0 Å². The zero-order valence-corrected chi connectivity index (χ0v) is 11.3. The summed E-state index contributed by atoms with van der Waals surface area (Å²) in [5.41, 5.74) is 2.13. The maximum Gasteiger partial charge on any atom is 0.152 e. The Kier molecular flexibility index (Phi) is 4.15. The summed E-state index contributed by atoms with van der Waals surface area (Å²) in [6, 6.07) is 2.10. The highest BCUT2D eigenvalue weighted by atomic mass is 15.2. The van der Waals surface area contributed by atoms with Gasteiger partial charge < -0.3 is 10.6 Å². The molecule has 2 heterocycles. The molecule has 0 aliphatic heterocycles. The number of anilines is 1. The van der Waals surface area contributed by atoms with E-state index in [1.165, 1.54) is 0 Å². The van der Waals surface area contributed by atoms with Gasteiger partial charge in [-0.1, -0.05) is 20.8 Å². The Morgan fingerprint density at radius 3 is 2.89 bits per heavy atom. The van der Waals surface area contributed by atoms with Crippen LogP contribution in [-0.2, 0) is 0 Å². The minimum absolute atomic E-state index is 0.430. The highest BCUT2D eigenvalue weighted by Gasteiger charge is 2.09. The van der Waals surface area contributed by atoms with Gasteiger partial charge in [-0.25, -0.2) is 9.50 Å². The van der Waals surface area contributed by atoms with Gasteiger partial charge >= 0.3 is 0 Å². The summed E-state index contributed by atoms with van der Waals surface area (Å²) < 4.78 is 1.89. The molecule has 5 nitrogen and oxygen atoms in total. The number of hydrogen-bond donors (Lipinski definition) is 2. The molecule has 0 saturated heterocycles. The van der Waals surface area contributed by atoms with Crippen molar-refractivity contribution < 1.29 is 0 Å². The van der Waals surface area contributed by atoms with E-state index in [1.54, 1.807) is 6.20 Å². The molecule has 0 unspecified atom stereocenters. The van der Waals surface area contributed by atoms with Crippen molar-refractivity contribution in [1.82, 2.24) is 19.9 Å².